The van der Waals surface area contributed by atoms with Crippen LogP contribution in [0.15, 0.2) is 35.2 Å². The summed E-state index contributed by atoms with van der Waals surface area (Å²) in [5.41, 5.74) is -1.36. The van der Waals surface area contributed by atoms with E-state index in [0.29, 0.717) is 12.1 Å². The maximum absolute atomic E-state index is 14.0. The van der Waals surface area contributed by atoms with Gasteiger partial charge in [0.15, 0.2) is 11.6 Å². The van der Waals surface area contributed by atoms with E-state index in [-0.39, 0.29) is 15.6 Å². The highest BCUT2D eigenvalue weighted by Gasteiger charge is 2.42. The van der Waals surface area contributed by atoms with Crippen molar-refractivity contribution < 1.29 is 35.9 Å². The van der Waals surface area contributed by atoms with Gasteiger partial charge in [0.25, 0.3) is 5.91 Å². The number of anilines is 1. The van der Waals surface area contributed by atoms with Gasteiger partial charge in [-0.15, -0.1) is 0 Å². The number of carbonyl (C=O) groups excluding carboxylic acids is 2. The lowest BCUT2D eigenvalue weighted by Gasteiger charge is -2.15. The minimum absolute atomic E-state index is 0.0958. The van der Waals surface area contributed by atoms with Crippen molar-refractivity contribution in [3.8, 4) is 0 Å². The average molecular weight is 477 g/mol. The highest BCUT2D eigenvalue weighted by molar-refractivity contribution is 8.00. The standard InChI is InChI=1S/C16H8Cl2F6N2O2S/c17-7-2-1-3-8(18)11(7)13(27)26-15(28)25-12-9(19)4-6(5-10(12)20)29-16(23,24)14(21)22/h1-5,14H,(H2,25,26,27,28). The molecule has 13 heteroatoms. The van der Waals surface area contributed by atoms with Gasteiger partial charge in [-0.1, -0.05) is 29.3 Å². The Hall–Kier alpha value is -2.11. The summed E-state index contributed by atoms with van der Waals surface area (Å²) in [5, 5.41) is -1.36. The lowest BCUT2D eigenvalue weighted by atomic mass is 10.2. The van der Waals surface area contributed by atoms with E-state index in [4.69, 9.17) is 23.2 Å². The predicted molar refractivity (Wildman–Crippen MR) is 96.1 cm³/mol. The number of nitrogens with one attached hydrogen (secondary N) is 2. The van der Waals surface area contributed by atoms with Crippen molar-refractivity contribution in [2.75, 3.05) is 5.32 Å². The molecule has 0 atom stereocenters. The Kier molecular flexibility index (Phi) is 7.30. The number of benzene rings is 2. The molecular weight excluding hydrogens is 469 g/mol. The van der Waals surface area contributed by atoms with Crippen LogP contribution in [0.5, 0.6) is 0 Å². The Morgan fingerprint density at radius 2 is 1.55 bits per heavy atom. The Balaban J connectivity index is 2.15. The first-order valence-electron chi connectivity index (χ1n) is 7.32. The lowest BCUT2D eigenvalue weighted by Crippen LogP contribution is -2.35. The molecule has 0 saturated heterocycles. The summed E-state index contributed by atoms with van der Waals surface area (Å²) >= 11 is 10.8. The topological polar surface area (TPSA) is 58.2 Å². The fraction of sp³-hybridized carbons (Fsp3) is 0.125. The molecule has 0 aliphatic rings. The molecule has 156 valence electrons. The number of imide groups is 1. The summed E-state index contributed by atoms with van der Waals surface area (Å²) in [4.78, 5) is 23.0. The largest absolute Gasteiger partial charge is 0.357 e. The molecular formula is C16H8Cl2F6N2O2S. The maximum Gasteiger partial charge on any atom is 0.357 e. The molecule has 2 aromatic carbocycles. The monoisotopic (exact) mass is 476 g/mol. The normalized spacial score (nSPS) is 11.5. The summed E-state index contributed by atoms with van der Waals surface area (Å²) < 4.78 is 78.4. The van der Waals surface area contributed by atoms with E-state index in [2.05, 4.69) is 0 Å². The van der Waals surface area contributed by atoms with Crippen LogP contribution in [0.3, 0.4) is 0 Å². The first-order chi connectivity index (χ1) is 13.4. The molecule has 0 aromatic heterocycles. The molecule has 4 nitrogen and oxygen atoms in total. The lowest BCUT2D eigenvalue weighted by molar-refractivity contribution is -0.0563. The number of alkyl halides is 4. The summed E-state index contributed by atoms with van der Waals surface area (Å²) in [7, 11) is 0. The molecule has 2 aromatic rings. The van der Waals surface area contributed by atoms with Crippen LogP contribution in [0, 0.1) is 11.6 Å². The molecule has 3 amide bonds. The first kappa shape index (κ1) is 23.2. The number of carbonyl (C=O) groups is 2. The summed E-state index contributed by atoms with van der Waals surface area (Å²) in [6.07, 6.45) is -4.06. The Morgan fingerprint density at radius 3 is 2.03 bits per heavy atom. The number of amides is 3. The highest BCUT2D eigenvalue weighted by atomic mass is 35.5. The van der Waals surface area contributed by atoms with Gasteiger partial charge in [0, 0.05) is 4.90 Å². The van der Waals surface area contributed by atoms with Gasteiger partial charge in [0.1, 0.15) is 5.69 Å². The van der Waals surface area contributed by atoms with Gasteiger partial charge in [0.2, 0.25) is 0 Å². The summed E-state index contributed by atoms with van der Waals surface area (Å²) in [6, 6.07) is 3.32. The fourth-order valence-electron chi connectivity index (χ4n) is 1.96. The van der Waals surface area contributed by atoms with E-state index < -0.39 is 57.6 Å². The van der Waals surface area contributed by atoms with Crippen molar-refractivity contribution >= 4 is 52.6 Å². The van der Waals surface area contributed by atoms with Gasteiger partial charge < -0.3 is 5.32 Å². The quantitative estimate of drug-likeness (QED) is 0.399. The summed E-state index contributed by atoms with van der Waals surface area (Å²) in [5.74, 6) is -4.14. The minimum Gasteiger partial charge on any atom is -0.302 e. The molecule has 0 radical (unpaired) electrons. The van der Waals surface area contributed by atoms with Crippen LogP contribution in [0.1, 0.15) is 10.4 Å². The average Bonchev–Trinajstić information content (AvgIpc) is 2.57. The van der Waals surface area contributed by atoms with Crippen LogP contribution < -0.4 is 10.6 Å². The number of hydrogen-bond acceptors (Lipinski definition) is 3. The van der Waals surface area contributed by atoms with Gasteiger partial charge in [-0.2, -0.15) is 8.78 Å². The predicted octanol–water partition coefficient (Wildman–Crippen LogP) is 6.18. The van der Waals surface area contributed by atoms with Gasteiger partial charge in [-0.05, 0) is 36.0 Å². The zero-order valence-corrected chi connectivity index (χ0v) is 16.0. The van der Waals surface area contributed by atoms with E-state index in [0.717, 1.165) is 0 Å². The van der Waals surface area contributed by atoms with Crippen LogP contribution in [-0.2, 0) is 0 Å². The Morgan fingerprint density at radius 1 is 1.03 bits per heavy atom. The van der Waals surface area contributed by atoms with Crippen molar-refractivity contribution in [1.82, 2.24) is 5.32 Å². The number of urea groups is 1. The molecule has 2 N–H and O–H groups in total. The van der Waals surface area contributed by atoms with E-state index >= 15 is 0 Å². The van der Waals surface area contributed by atoms with Gasteiger partial charge in [0.05, 0.1) is 15.6 Å². The second kappa shape index (κ2) is 9.14. The zero-order chi connectivity index (χ0) is 21.9. The highest BCUT2D eigenvalue weighted by Crippen LogP contribution is 2.41. The molecule has 0 spiro atoms. The third kappa shape index (κ3) is 5.71. The van der Waals surface area contributed by atoms with Crippen LogP contribution >= 0.6 is 35.0 Å². The van der Waals surface area contributed by atoms with Gasteiger partial charge in [-0.3, -0.25) is 10.1 Å². The van der Waals surface area contributed by atoms with E-state index in [9.17, 15) is 35.9 Å². The minimum atomic E-state index is -4.58. The SMILES string of the molecule is O=C(NC(=O)c1c(Cl)cccc1Cl)Nc1c(F)cc(SC(F)(F)C(F)F)cc1F. The van der Waals surface area contributed by atoms with Crippen LogP contribution in [0.2, 0.25) is 10.0 Å². The third-order valence-electron chi connectivity index (χ3n) is 3.18. The number of thioether (sulfide) groups is 1. The second-order valence-corrected chi connectivity index (χ2v) is 7.27. The first-order valence-corrected chi connectivity index (χ1v) is 8.90. The number of hydrogen-bond donors (Lipinski definition) is 2. The maximum atomic E-state index is 14.0. The molecule has 0 bridgehead atoms. The molecule has 0 saturated carbocycles. The van der Waals surface area contributed by atoms with E-state index in [1.54, 1.807) is 10.6 Å². The number of halogens is 8. The molecule has 0 aliphatic carbocycles. The molecule has 29 heavy (non-hydrogen) atoms. The van der Waals surface area contributed by atoms with Crippen molar-refractivity contribution in [2.24, 2.45) is 0 Å². The van der Waals surface area contributed by atoms with Crippen molar-refractivity contribution in [3.63, 3.8) is 0 Å². The zero-order valence-electron chi connectivity index (χ0n) is 13.7. The van der Waals surface area contributed by atoms with Crippen molar-refractivity contribution in [2.45, 2.75) is 16.6 Å². The fourth-order valence-corrected chi connectivity index (χ4v) is 3.25. The number of rotatable bonds is 5. The second-order valence-electron chi connectivity index (χ2n) is 5.23. The molecule has 0 aliphatic heterocycles. The van der Waals surface area contributed by atoms with Crippen molar-refractivity contribution in [3.05, 3.63) is 57.6 Å². The molecule has 0 fully saturated rings. The Bertz CT molecular complexity index is 918. The summed E-state index contributed by atoms with van der Waals surface area (Å²) in [6.45, 7) is 0. The van der Waals surface area contributed by atoms with Gasteiger partial charge >= 0.3 is 17.7 Å². The van der Waals surface area contributed by atoms with Crippen molar-refractivity contribution in [1.29, 1.82) is 0 Å². The van der Waals surface area contributed by atoms with Crippen LogP contribution in [0.25, 0.3) is 0 Å². The van der Waals surface area contributed by atoms with E-state index in [1.165, 1.54) is 18.2 Å². The van der Waals surface area contributed by atoms with Crippen LogP contribution in [0.4, 0.5) is 36.8 Å². The van der Waals surface area contributed by atoms with E-state index in [1.807, 2.05) is 0 Å². The molecule has 0 unspecified atom stereocenters. The molecule has 2 rings (SSSR count). The van der Waals surface area contributed by atoms with Crippen LogP contribution in [-0.4, -0.2) is 23.6 Å². The van der Waals surface area contributed by atoms with Gasteiger partial charge in [-0.25, -0.2) is 22.4 Å². The Labute approximate surface area is 173 Å². The smallest absolute Gasteiger partial charge is 0.302 e. The molecule has 0 heterocycles. The third-order valence-corrected chi connectivity index (χ3v) is 4.73.